The average molecular weight is 318 g/mol. The van der Waals surface area contributed by atoms with Crippen molar-refractivity contribution in [2.75, 3.05) is 13.2 Å². The highest BCUT2D eigenvalue weighted by Crippen LogP contribution is 2.34. The van der Waals surface area contributed by atoms with E-state index in [1.54, 1.807) is 0 Å². The van der Waals surface area contributed by atoms with E-state index >= 15 is 0 Å². The number of ether oxygens (including phenoxy) is 1. The molecule has 2 fully saturated rings. The monoisotopic (exact) mass is 318 g/mol. The van der Waals surface area contributed by atoms with Crippen molar-refractivity contribution in [3.8, 4) is 0 Å². The van der Waals surface area contributed by atoms with E-state index < -0.39 is 0 Å². The highest BCUT2D eigenvalue weighted by atomic mass is 127. The third-order valence-electron chi connectivity index (χ3n) is 3.48. The minimum absolute atomic E-state index is 0.540. The second-order valence-corrected chi connectivity index (χ2v) is 5.65. The van der Waals surface area contributed by atoms with Gasteiger partial charge in [-0.25, -0.2) is 0 Å². The van der Waals surface area contributed by atoms with E-state index in [-0.39, 0.29) is 0 Å². The maximum atomic E-state index is 5.42. The van der Waals surface area contributed by atoms with Crippen LogP contribution in [0.15, 0.2) is 6.20 Å². The Morgan fingerprint density at radius 1 is 1.40 bits per heavy atom. The zero-order valence-electron chi connectivity index (χ0n) is 8.66. The maximum absolute atomic E-state index is 5.42. The van der Waals surface area contributed by atoms with Crippen LogP contribution in [0.1, 0.15) is 43.3 Å². The van der Waals surface area contributed by atoms with Crippen molar-refractivity contribution < 1.29 is 4.74 Å². The fraction of sp³-hybridized carbons (Fsp3) is 0.727. The first-order valence-electron chi connectivity index (χ1n) is 5.67. The van der Waals surface area contributed by atoms with Crippen LogP contribution in [-0.4, -0.2) is 23.0 Å². The third kappa shape index (κ3) is 1.82. The van der Waals surface area contributed by atoms with E-state index in [4.69, 9.17) is 9.84 Å². The average Bonchev–Trinajstić information content (AvgIpc) is 2.70. The van der Waals surface area contributed by atoms with Crippen LogP contribution in [0, 0.1) is 3.57 Å². The fourth-order valence-corrected chi connectivity index (χ4v) is 3.08. The Hall–Kier alpha value is -0.100. The van der Waals surface area contributed by atoms with Crippen LogP contribution < -0.4 is 0 Å². The van der Waals surface area contributed by atoms with Gasteiger partial charge in [0.05, 0.1) is 21.9 Å². The van der Waals surface area contributed by atoms with Gasteiger partial charge in [-0.2, -0.15) is 5.10 Å². The lowest BCUT2D eigenvalue weighted by Crippen LogP contribution is -2.17. The highest BCUT2D eigenvalue weighted by Gasteiger charge is 2.26. The molecule has 15 heavy (non-hydrogen) atoms. The van der Waals surface area contributed by atoms with Crippen LogP contribution in [0.4, 0.5) is 0 Å². The Labute approximate surface area is 103 Å². The van der Waals surface area contributed by atoms with Gasteiger partial charge in [0.2, 0.25) is 0 Å². The molecule has 82 valence electrons. The Morgan fingerprint density at radius 3 is 2.87 bits per heavy atom. The van der Waals surface area contributed by atoms with Gasteiger partial charge in [-0.05, 0) is 48.3 Å². The van der Waals surface area contributed by atoms with E-state index in [0.29, 0.717) is 12.0 Å². The van der Waals surface area contributed by atoms with Crippen LogP contribution in [0.2, 0.25) is 0 Å². The van der Waals surface area contributed by atoms with E-state index in [1.807, 2.05) is 0 Å². The molecule has 1 aromatic rings. The Morgan fingerprint density at radius 2 is 2.27 bits per heavy atom. The zero-order chi connectivity index (χ0) is 10.3. The molecule has 1 aliphatic carbocycles. The third-order valence-corrected chi connectivity index (χ3v) is 4.31. The SMILES string of the molecule is Ic1cn(C2CCC2)nc1C1CCOC1. The summed E-state index contributed by atoms with van der Waals surface area (Å²) in [4.78, 5) is 0. The standard InChI is InChI=1S/C11H15IN2O/c12-10-6-14(9-2-1-3-9)13-11(10)8-4-5-15-7-8/h6,8-9H,1-5,7H2. The van der Waals surface area contributed by atoms with Crippen LogP contribution in [0.3, 0.4) is 0 Å². The molecule has 2 heterocycles. The topological polar surface area (TPSA) is 27.1 Å². The van der Waals surface area contributed by atoms with Crippen molar-refractivity contribution in [2.24, 2.45) is 0 Å². The van der Waals surface area contributed by atoms with Crippen molar-refractivity contribution in [1.82, 2.24) is 9.78 Å². The molecule has 3 nitrogen and oxygen atoms in total. The highest BCUT2D eigenvalue weighted by molar-refractivity contribution is 14.1. The molecule has 1 saturated carbocycles. The predicted octanol–water partition coefficient (Wildman–Crippen LogP) is 2.72. The minimum Gasteiger partial charge on any atom is -0.381 e. The van der Waals surface area contributed by atoms with Crippen molar-refractivity contribution in [3.63, 3.8) is 0 Å². The molecule has 0 N–H and O–H groups in total. The van der Waals surface area contributed by atoms with Gasteiger partial charge in [0.25, 0.3) is 0 Å². The summed E-state index contributed by atoms with van der Waals surface area (Å²) in [5.74, 6) is 0.540. The van der Waals surface area contributed by atoms with Gasteiger partial charge < -0.3 is 4.74 Å². The van der Waals surface area contributed by atoms with Gasteiger partial charge in [-0.1, -0.05) is 0 Å². The van der Waals surface area contributed by atoms with E-state index in [0.717, 1.165) is 19.6 Å². The molecular weight excluding hydrogens is 303 g/mol. The number of rotatable bonds is 2. The molecule has 1 atom stereocenters. The smallest absolute Gasteiger partial charge is 0.0812 e. The van der Waals surface area contributed by atoms with E-state index in [9.17, 15) is 0 Å². The van der Waals surface area contributed by atoms with Crippen LogP contribution in [0.25, 0.3) is 0 Å². The Kier molecular flexibility index (Phi) is 2.72. The molecule has 0 radical (unpaired) electrons. The van der Waals surface area contributed by atoms with Crippen LogP contribution in [0.5, 0.6) is 0 Å². The molecule has 1 aliphatic heterocycles. The van der Waals surface area contributed by atoms with Crippen molar-refractivity contribution >= 4 is 22.6 Å². The number of halogens is 1. The zero-order valence-corrected chi connectivity index (χ0v) is 10.8. The van der Waals surface area contributed by atoms with Gasteiger partial charge >= 0.3 is 0 Å². The second kappa shape index (κ2) is 4.05. The van der Waals surface area contributed by atoms with Crippen molar-refractivity contribution in [2.45, 2.75) is 37.6 Å². The van der Waals surface area contributed by atoms with E-state index in [2.05, 4.69) is 33.5 Å². The molecule has 4 heteroatoms. The van der Waals surface area contributed by atoms with Crippen LogP contribution >= 0.6 is 22.6 Å². The summed E-state index contributed by atoms with van der Waals surface area (Å²) in [6.45, 7) is 1.76. The first-order valence-corrected chi connectivity index (χ1v) is 6.75. The number of nitrogens with zero attached hydrogens (tertiary/aromatic N) is 2. The number of hydrogen-bond donors (Lipinski definition) is 0. The molecule has 0 aromatic carbocycles. The maximum Gasteiger partial charge on any atom is 0.0812 e. The Balaban J connectivity index is 1.84. The predicted molar refractivity (Wildman–Crippen MR) is 66.0 cm³/mol. The fourth-order valence-electron chi connectivity index (χ4n) is 2.25. The molecule has 0 spiro atoms. The molecular formula is C11H15IN2O. The van der Waals surface area contributed by atoms with Gasteiger partial charge in [0, 0.05) is 18.7 Å². The largest absolute Gasteiger partial charge is 0.381 e. The molecule has 2 aliphatic rings. The molecule has 0 amide bonds. The summed E-state index contributed by atoms with van der Waals surface area (Å²) in [6, 6.07) is 0.676. The summed E-state index contributed by atoms with van der Waals surface area (Å²) >= 11 is 2.41. The summed E-state index contributed by atoms with van der Waals surface area (Å²) in [5.41, 5.74) is 1.26. The van der Waals surface area contributed by atoms with Crippen LogP contribution in [-0.2, 0) is 4.74 Å². The lowest BCUT2D eigenvalue weighted by Gasteiger charge is -2.25. The summed E-state index contributed by atoms with van der Waals surface area (Å²) in [5, 5.41) is 4.74. The Bertz CT molecular complexity index is 353. The number of hydrogen-bond acceptors (Lipinski definition) is 2. The molecule has 0 bridgehead atoms. The van der Waals surface area contributed by atoms with Crippen molar-refractivity contribution in [1.29, 1.82) is 0 Å². The van der Waals surface area contributed by atoms with Gasteiger partial charge in [-0.15, -0.1) is 0 Å². The molecule has 3 rings (SSSR count). The first kappa shape index (κ1) is 10.1. The van der Waals surface area contributed by atoms with Gasteiger partial charge in [0.1, 0.15) is 0 Å². The number of aromatic nitrogens is 2. The summed E-state index contributed by atoms with van der Waals surface area (Å²) in [6.07, 6.45) is 7.31. The lowest BCUT2D eigenvalue weighted by molar-refractivity contribution is 0.193. The van der Waals surface area contributed by atoms with Gasteiger partial charge in [-0.3, -0.25) is 4.68 Å². The summed E-state index contributed by atoms with van der Waals surface area (Å²) < 4.78 is 8.92. The lowest BCUT2D eigenvalue weighted by atomic mass is 9.93. The van der Waals surface area contributed by atoms with Gasteiger partial charge in [0.15, 0.2) is 0 Å². The molecule has 1 saturated heterocycles. The molecule has 1 unspecified atom stereocenters. The second-order valence-electron chi connectivity index (χ2n) is 4.49. The minimum atomic E-state index is 0.540. The normalized spacial score (nSPS) is 26.9. The summed E-state index contributed by atoms with van der Waals surface area (Å²) in [7, 11) is 0. The quantitative estimate of drug-likeness (QED) is 0.784. The molecule has 1 aromatic heterocycles. The van der Waals surface area contributed by atoms with Crippen molar-refractivity contribution in [3.05, 3.63) is 15.5 Å². The van der Waals surface area contributed by atoms with E-state index in [1.165, 1.54) is 28.5 Å². The first-order chi connectivity index (χ1) is 7.34.